The quantitative estimate of drug-likeness (QED) is 0.507. The maximum atomic E-state index is 13.7. The maximum absolute atomic E-state index is 13.7. The molecule has 1 N–H and O–H groups in total. The highest BCUT2D eigenvalue weighted by Crippen LogP contribution is 2.23. The summed E-state index contributed by atoms with van der Waals surface area (Å²) in [6.45, 7) is 8.99. The molecule has 0 spiro atoms. The summed E-state index contributed by atoms with van der Waals surface area (Å²) >= 11 is 0. The van der Waals surface area contributed by atoms with Crippen LogP contribution in [0.5, 0.6) is 5.75 Å². The number of hydrogen-bond acceptors (Lipinski definition) is 5. The molecule has 0 heterocycles. The Bertz CT molecular complexity index is 1130. The first-order chi connectivity index (χ1) is 16.3. The van der Waals surface area contributed by atoms with E-state index in [1.165, 1.54) is 4.90 Å². The molecule has 1 atom stereocenters. The number of rotatable bonds is 11. The van der Waals surface area contributed by atoms with Crippen LogP contribution in [0.4, 0.5) is 5.69 Å². The van der Waals surface area contributed by atoms with E-state index in [1.54, 1.807) is 31.4 Å². The zero-order valence-corrected chi connectivity index (χ0v) is 22.5. The van der Waals surface area contributed by atoms with E-state index in [2.05, 4.69) is 5.32 Å². The van der Waals surface area contributed by atoms with Gasteiger partial charge in [0, 0.05) is 12.6 Å². The summed E-state index contributed by atoms with van der Waals surface area (Å²) in [7, 11) is -2.21. The molecule has 0 fully saturated rings. The Balaban J connectivity index is 2.49. The van der Waals surface area contributed by atoms with Gasteiger partial charge in [-0.1, -0.05) is 25.1 Å². The van der Waals surface area contributed by atoms with Gasteiger partial charge >= 0.3 is 0 Å². The van der Waals surface area contributed by atoms with Gasteiger partial charge in [-0.2, -0.15) is 0 Å². The van der Waals surface area contributed by atoms with Crippen molar-refractivity contribution in [1.82, 2.24) is 10.2 Å². The fourth-order valence-electron chi connectivity index (χ4n) is 3.98. The number of nitrogens with zero attached hydrogens (tertiary/aromatic N) is 2. The summed E-state index contributed by atoms with van der Waals surface area (Å²) in [6, 6.07) is 11.8. The highest BCUT2D eigenvalue weighted by atomic mass is 32.2. The van der Waals surface area contributed by atoms with E-state index in [-0.39, 0.29) is 18.5 Å². The topological polar surface area (TPSA) is 96.0 Å². The first-order valence-corrected chi connectivity index (χ1v) is 13.5. The molecule has 0 bridgehead atoms. The third-order valence-corrected chi connectivity index (χ3v) is 6.62. The molecule has 0 radical (unpaired) electrons. The molecular formula is C26H37N3O5S. The summed E-state index contributed by atoms with van der Waals surface area (Å²) in [5.41, 5.74) is 2.96. The number of amides is 2. The van der Waals surface area contributed by atoms with Crippen molar-refractivity contribution in [3.8, 4) is 5.75 Å². The van der Waals surface area contributed by atoms with E-state index in [9.17, 15) is 18.0 Å². The first kappa shape index (κ1) is 28.2. The molecule has 192 valence electrons. The summed E-state index contributed by atoms with van der Waals surface area (Å²) < 4.78 is 31.9. The molecule has 9 heteroatoms. The van der Waals surface area contributed by atoms with Crippen LogP contribution in [-0.2, 0) is 26.2 Å². The van der Waals surface area contributed by atoms with Gasteiger partial charge in [-0.15, -0.1) is 0 Å². The van der Waals surface area contributed by atoms with Gasteiger partial charge in [0.25, 0.3) is 0 Å². The third-order valence-electron chi connectivity index (χ3n) is 5.48. The number of carbonyl (C=O) groups excluding carboxylic acids is 2. The molecular weight excluding hydrogens is 466 g/mol. The van der Waals surface area contributed by atoms with Crippen LogP contribution in [0.3, 0.4) is 0 Å². The van der Waals surface area contributed by atoms with Crippen molar-refractivity contribution in [3.05, 3.63) is 59.2 Å². The van der Waals surface area contributed by atoms with Crippen LogP contribution in [-0.4, -0.2) is 57.1 Å². The SMILES string of the molecule is CCC(C(=O)NC(C)C)N(Cc1cccc(OC)c1)C(=O)CN(c1cc(C)cc(C)c1)S(C)(=O)=O. The number of benzene rings is 2. The molecule has 2 amide bonds. The number of ether oxygens (including phenoxy) is 1. The number of anilines is 1. The van der Waals surface area contributed by atoms with Crippen LogP contribution in [0.2, 0.25) is 0 Å². The minimum atomic E-state index is -3.77. The molecule has 2 rings (SSSR count). The maximum Gasteiger partial charge on any atom is 0.244 e. The molecule has 0 aromatic heterocycles. The van der Waals surface area contributed by atoms with Crippen molar-refractivity contribution in [2.24, 2.45) is 0 Å². The molecule has 0 aliphatic rings. The summed E-state index contributed by atoms with van der Waals surface area (Å²) in [4.78, 5) is 28.2. The standard InChI is InChI=1S/C26H37N3O5S/c1-8-24(26(31)27-18(2)3)28(16-21-10-9-11-23(15-21)34-6)25(30)17-29(35(7,32)33)22-13-19(4)12-20(5)14-22/h9-15,18,24H,8,16-17H2,1-7H3,(H,27,31). The van der Waals surface area contributed by atoms with Crippen molar-refractivity contribution >= 4 is 27.5 Å². The normalized spacial score (nSPS) is 12.2. The number of carbonyl (C=O) groups is 2. The Morgan fingerprint density at radius 3 is 2.20 bits per heavy atom. The van der Waals surface area contributed by atoms with Gasteiger partial charge in [-0.25, -0.2) is 8.42 Å². The lowest BCUT2D eigenvalue weighted by molar-refractivity contribution is -0.140. The van der Waals surface area contributed by atoms with Crippen molar-refractivity contribution in [2.45, 2.75) is 59.7 Å². The average molecular weight is 504 g/mol. The lowest BCUT2D eigenvalue weighted by Gasteiger charge is -2.33. The predicted octanol–water partition coefficient (Wildman–Crippen LogP) is 3.41. The smallest absolute Gasteiger partial charge is 0.244 e. The van der Waals surface area contributed by atoms with Crippen LogP contribution < -0.4 is 14.4 Å². The van der Waals surface area contributed by atoms with Crippen molar-refractivity contribution < 1.29 is 22.7 Å². The Morgan fingerprint density at radius 1 is 1.06 bits per heavy atom. The molecule has 0 saturated heterocycles. The molecule has 0 saturated carbocycles. The number of aryl methyl sites for hydroxylation is 2. The summed E-state index contributed by atoms with van der Waals surface area (Å²) in [5.74, 6) is -0.123. The molecule has 8 nitrogen and oxygen atoms in total. The van der Waals surface area contributed by atoms with Gasteiger partial charge in [0.2, 0.25) is 21.8 Å². The number of nitrogens with one attached hydrogen (secondary N) is 1. The molecule has 0 aliphatic heterocycles. The Labute approximate surface area is 209 Å². The third kappa shape index (κ3) is 7.99. The largest absolute Gasteiger partial charge is 0.497 e. The van der Waals surface area contributed by atoms with Crippen LogP contribution in [0.1, 0.15) is 43.9 Å². The molecule has 35 heavy (non-hydrogen) atoms. The van der Waals surface area contributed by atoms with E-state index in [0.717, 1.165) is 27.3 Å². The lowest BCUT2D eigenvalue weighted by Crippen LogP contribution is -2.53. The minimum absolute atomic E-state index is 0.104. The minimum Gasteiger partial charge on any atom is -0.497 e. The van der Waals surface area contributed by atoms with Crippen LogP contribution in [0, 0.1) is 13.8 Å². The van der Waals surface area contributed by atoms with Gasteiger partial charge in [-0.05, 0) is 75.1 Å². The summed E-state index contributed by atoms with van der Waals surface area (Å²) in [5, 5.41) is 2.88. The van der Waals surface area contributed by atoms with Crippen LogP contribution >= 0.6 is 0 Å². The van der Waals surface area contributed by atoms with Crippen LogP contribution in [0.15, 0.2) is 42.5 Å². The zero-order valence-electron chi connectivity index (χ0n) is 21.7. The van der Waals surface area contributed by atoms with Gasteiger partial charge in [0.1, 0.15) is 18.3 Å². The van der Waals surface area contributed by atoms with Crippen molar-refractivity contribution in [1.29, 1.82) is 0 Å². The highest BCUT2D eigenvalue weighted by Gasteiger charge is 2.32. The molecule has 2 aromatic rings. The van der Waals surface area contributed by atoms with E-state index >= 15 is 0 Å². The first-order valence-electron chi connectivity index (χ1n) is 11.6. The van der Waals surface area contributed by atoms with E-state index in [1.807, 2.05) is 52.8 Å². The second-order valence-electron chi connectivity index (χ2n) is 9.08. The second kappa shape index (κ2) is 12.1. The number of methoxy groups -OCH3 is 1. The monoisotopic (exact) mass is 503 g/mol. The summed E-state index contributed by atoms with van der Waals surface area (Å²) in [6.07, 6.45) is 1.45. The lowest BCUT2D eigenvalue weighted by atomic mass is 10.1. The van der Waals surface area contributed by atoms with E-state index in [0.29, 0.717) is 17.9 Å². The van der Waals surface area contributed by atoms with Crippen molar-refractivity contribution in [3.63, 3.8) is 0 Å². The van der Waals surface area contributed by atoms with Gasteiger partial charge in [-0.3, -0.25) is 13.9 Å². The fourth-order valence-corrected chi connectivity index (χ4v) is 4.81. The predicted molar refractivity (Wildman–Crippen MR) is 139 cm³/mol. The molecule has 2 aromatic carbocycles. The van der Waals surface area contributed by atoms with Gasteiger partial charge in [0.05, 0.1) is 19.1 Å². The van der Waals surface area contributed by atoms with Gasteiger partial charge < -0.3 is 15.0 Å². The fraction of sp³-hybridized carbons (Fsp3) is 0.462. The number of hydrogen-bond donors (Lipinski definition) is 1. The zero-order chi connectivity index (χ0) is 26.3. The second-order valence-corrected chi connectivity index (χ2v) is 11.0. The van der Waals surface area contributed by atoms with E-state index < -0.39 is 28.5 Å². The van der Waals surface area contributed by atoms with Crippen molar-refractivity contribution in [2.75, 3.05) is 24.2 Å². The highest BCUT2D eigenvalue weighted by molar-refractivity contribution is 7.92. The Hall–Kier alpha value is -3.07. The molecule has 1 unspecified atom stereocenters. The Kier molecular flexibility index (Phi) is 9.71. The average Bonchev–Trinajstić information content (AvgIpc) is 2.75. The number of sulfonamides is 1. The molecule has 0 aliphatic carbocycles. The van der Waals surface area contributed by atoms with Crippen LogP contribution in [0.25, 0.3) is 0 Å². The van der Waals surface area contributed by atoms with Gasteiger partial charge in [0.15, 0.2) is 0 Å². The Morgan fingerprint density at radius 2 is 1.69 bits per heavy atom. The van der Waals surface area contributed by atoms with E-state index in [4.69, 9.17) is 4.74 Å².